The molecule has 4 nitrogen and oxygen atoms in total. The van der Waals surface area contributed by atoms with Crippen LogP contribution in [-0.2, 0) is 0 Å². The number of aryl methyl sites for hydroxylation is 1. The van der Waals surface area contributed by atoms with Gasteiger partial charge in [-0.05, 0) is 6.92 Å². The zero-order valence-electron chi connectivity index (χ0n) is 9.16. The Hall–Kier alpha value is -1.13. The molecule has 2 aromatic heterocycles. The van der Waals surface area contributed by atoms with Crippen LogP contribution in [0.15, 0.2) is 17.0 Å². The first-order valence-electron chi connectivity index (χ1n) is 4.77. The minimum absolute atomic E-state index is 0.229. The molecule has 0 bridgehead atoms. The minimum atomic E-state index is 0.229. The molecule has 0 fully saturated rings. The summed E-state index contributed by atoms with van der Waals surface area (Å²) < 4.78 is 5.15. The monoisotopic (exact) mass is 259 g/mol. The van der Waals surface area contributed by atoms with Crippen LogP contribution in [0, 0.1) is 6.92 Å². The number of aromatic nitrogens is 3. The molecule has 0 aliphatic carbocycles. The van der Waals surface area contributed by atoms with E-state index in [-0.39, 0.29) is 10.3 Å². The number of hydrogen-bond donors (Lipinski definition) is 0. The maximum Gasteiger partial charge on any atom is 0.232 e. The maximum atomic E-state index is 5.84. The normalized spacial score (nSPS) is 9.56. The van der Waals surface area contributed by atoms with Gasteiger partial charge in [-0.15, -0.1) is 0 Å². The van der Waals surface area contributed by atoms with E-state index in [0.717, 1.165) is 5.69 Å². The standard InChI is InChI=1S/C8H5Cl2N3O.C2H6/c1-4-2-14-8(13-4)5-6(9)11-3-12-7(5)10;1-2/h2-3H,1H3;1-2H3. The van der Waals surface area contributed by atoms with Gasteiger partial charge in [0.05, 0.1) is 5.69 Å². The lowest BCUT2D eigenvalue weighted by atomic mass is 10.3. The number of nitrogens with zero attached hydrogens (tertiary/aromatic N) is 3. The van der Waals surface area contributed by atoms with Crippen LogP contribution in [0.3, 0.4) is 0 Å². The molecular weight excluding hydrogens is 249 g/mol. The molecule has 0 spiro atoms. The summed E-state index contributed by atoms with van der Waals surface area (Å²) in [5.74, 6) is 0.332. The van der Waals surface area contributed by atoms with E-state index in [1.165, 1.54) is 12.6 Å². The molecule has 16 heavy (non-hydrogen) atoms. The fourth-order valence-electron chi connectivity index (χ4n) is 0.990. The summed E-state index contributed by atoms with van der Waals surface area (Å²) in [4.78, 5) is 11.7. The third-order valence-corrected chi connectivity index (χ3v) is 2.16. The summed E-state index contributed by atoms with van der Waals surface area (Å²) in [6.07, 6.45) is 2.79. The predicted molar refractivity (Wildman–Crippen MR) is 63.6 cm³/mol. The molecule has 2 rings (SSSR count). The Labute approximate surface area is 104 Å². The quantitative estimate of drug-likeness (QED) is 0.732. The van der Waals surface area contributed by atoms with Gasteiger partial charge >= 0.3 is 0 Å². The van der Waals surface area contributed by atoms with E-state index in [1.54, 1.807) is 6.92 Å². The fraction of sp³-hybridized carbons (Fsp3) is 0.300. The molecule has 0 saturated carbocycles. The number of halogens is 2. The SMILES string of the molecule is CC.Cc1coc(-c2c(Cl)ncnc2Cl)n1. The second kappa shape index (κ2) is 5.82. The lowest BCUT2D eigenvalue weighted by molar-refractivity contribution is 0.573. The smallest absolute Gasteiger partial charge is 0.232 e. The molecule has 0 unspecified atom stereocenters. The first-order valence-corrected chi connectivity index (χ1v) is 5.52. The van der Waals surface area contributed by atoms with Crippen LogP contribution in [0.25, 0.3) is 11.5 Å². The molecule has 0 saturated heterocycles. The van der Waals surface area contributed by atoms with Crippen LogP contribution >= 0.6 is 23.2 Å². The van der Waals surface area contributed by atoms with E-state index >= 15 is 0 Å². The van der Waals surface area contributed by atoms with Crippen LogP contribution < -0.4 is 0 Å². The van der Waals surface area contributed by atoms with Gasteiger partial charge in [-0.3, -0.25) is 0 Å². The molecule has 0 aliphatic heterocycles. The van der Waals surface area contributed by atoms with Gasteiger partial charge in [0.1, 0.15) is 28.5 Å². The van der Waals surface area contributed by atoms with Gasteiger partial charge in [0.25, 0.3) is 0 Å². The topological polar surface area (TPSA) is 51.8 Å². The summed E-state index contributed by atoms with van der Waals surface area (Å²) in [5.41, 5.74) is 1.17. The average molecular weight is 260 g/mol. The number of hydrogen-bond acceptors (Lipinski definition) is 4. The summed E-state index contributed by atoms with van der Waals surface area (Å²) >= 11 is 11.7. The number of rotatable bonds is 1. The summed E-state index contributed by atoms with van der Waals surface area (Å²) in [6.45, 7) is 5.80. The van der Waals surface area contributed by atoms with Crippen molar-refractivity contribution < 1.29 is 4.42 Å². The van der Waals surface area contributed by atoms with Crippen molar-refractivity contribution in [3.05, 3.63) is 28.6 Å². The van der Waals surface area contributed by atoms with Gasteiger partial charge in [-0.1, -0.05) is 37.0 Å². The molecule has 0 aliphatic rings. The Balaban J connectivity index is 0.000000606. The van der Waals surface area contributed by atoms with Crippen molar-refractivity contribution in [2.45, 2.75) is 20.8 Å². The second-order valence-corrected chi connectivity index (χ2v) is 3.34. The zero-order chi connectivity index (χ0) is 12.1. The van der Waals surface area contributed by atoms with E-state index in [1.807, 2.05) is 13.8 Å². The van der Waals surface area contributed by atoms with Crippen molar-refractivity contribution in [3.8, 4) is 11.5 Å². The minimum Gasteiger partial charge on any atom is -0.444 e. The average Bonchev–Trinajstić information content (AvgIpc) is 2.68. The van der Waals surface area contributed by atoms with Crippen LogP contribution in [0.2, 0.25) is 10.3 Å². The third kappa shape index (κ3) is 2.71. The van der Waals surface area contributed by atoms with E-state index < -0.39 is 0 Å². The lowest BCUT2D eigenvalue weighted by Gasteiger charge is -1.98. The van der Waals surface area contributed by atoms with Gasteiger partial charge in [0, 0.05) is 0 Å². The van der Waals surface area contributed by atoms with Gasteiger partial charge < -0.3 is 4.42 Å². The molecular formula is C10H11Cl2N3O. The maximum absolute atomic E-state index is 5.84. The zero-order valence-corrected chi connectivity index (χ0v) is 10.7. The van der Waals surface area contributed by atoms with Gasteiger partial charge in [0.2, 0.25) is 5.89 Å². The summed E-state index contributed by atoms with van der Waals surface area (Å²) in [6, 6.07) is 0. The molecule has 0 radical (unpaired) electrons. The van der Waals surface area contributed by atoms with Gasteiger partial charge in [0.15, 0.2) is 0 Å². The molecule has 2 aromatic rings. The molecule has 0 aromatic carbocycles. The van der Waals surface area contributed by atoms with Crippen molar-refractivity contribution in [2.75, 3.05) is 0 Å². The highest BCUT2D eigenvalue weighted by atomic mass is 35.5. The van der Waals surface area contributed by atoms with Gasteiger partial charge in [-0.25, -0.2) is 15.0 Å². The lowest BCUT2D eigenvalue weighted by Crippen LogP contribution is -1.88. The second-order valence-electron chi connectivity index (χ2n) is 2.62. The molecule has 86 valence electrons. The van der Waals surface area contributed by atoms with Crippen molar-refractivity contribution in [3.63, 3.8) is 0 Å². The van der Waals surface area contributed by atoms with E-state index in [9.17, 15) is 0 Å². The first-order chi connectivity index (χ1) is 7.68. The van der Waals surface area contributed by atoms with E-state index in [2.05, 4.69) is 15.0 Å². The summed E-state index contributed by atoms with van der Waals surface area (Å²) in [5, 5.41) is 0.457. The van der Waals surface area contributed by atoms with Crippen LogP contribution in [0.5, 0.6) is 0 Å². The van der Waals surface area contributed by atoms with Crippen LogP contribution in [0.1, 0.15) is 19.5 Å². The Morgan fingerprint density at radius 1 is 1.12 bits per heavy atom. The van der Waals surface area contributed by atoms with Crippen LogP contribution in [-0.4, -0.2) is 15.0 Å². The fourth-order valence-corrected chi connectivity index (χ4v) is 1.47. The Kier molecular flexibility index (Phi) is 4.71. The van der Waals surface area contributed by atoms with Crippen molar-refractivity contribution in [1.82, 2.24) is 15.0 Å². The predicted octanol–water partition coefficient (Wildman–Crippen LogP) is 3.77. The van der Waals surface area contributed by atoms with Crippen LogP contribution in [0.4, 0.5) is 0 Å². The summed E-state index contributed by atoms with van der Waals surface area (Å²) in [7, 11) is 0. The molecule has 2 heterocycles. The Morgan fingerprint density at radius 2 is 1.69 bits per heavy atom. The molecule has 6 heteroatoms. The highest BCUT2D eigenvalue weighted by molar-refractivity contribution is 6.37. The van der Waals surface area contributed by atoms with E-state index in [0.29, 0.717) is 11.5 Å². The third-order valence-electron chi connectivity index (χ3n) is 1.59. The Morgan fingerprint density at radius 3 is 2.12 bits per heavy atom. The largest absolute Gasteiger partial charge is 0.444 e. The molecule has 0 atom stereocenters. The number of oxazole rings is 1. The van der Waals surface area contributed by atoms with Gasteiger partial charge in [-0.2, -0.15) is 0 Å². The Bertz CT molecular complexity index is 451. The van der Waals surface area contributed by atoms with Crippen molar-refractivity contribution >= 4 is 23.2 Å². The highest BCUT2D eigenvalue weighted by Gasteiger charge is 2.15. The molecule has 0 amide bonds. The highest BCUT2D eigenvalue weighted by Crippen LogP contribution is 2.30. The van der Waals surface area contributed by atoms with Crippen molar-refractivity contribution in [2.24, 2.45) is 0 Å². The molecule has 0 N–H and O–H groups in total. The van der Waals surface area contributed by atoms with E-state index in [4.69, 9.17) is 27.6 Å². The van der Waals surface area contributed by atoms with Crippen molar-refractivity contribution in [1.29, 1.82) is 0 Å². The first kappa shape index (κ1) is 12.9.